The van der Waals surface area contributed by atoms with Gasteiger partial charge < -0.3 is 4.90 Å². The first-order chi connectivity index (χ1) is 11.5. The van der Waals surface area contributed by atoms with E-state index in [2.05, 4.69) is 5.38 Å². The number of hydrogen-bond acceptors (Lipinski definition) is 4. The third kappa shape index (κ3) is 3.38. The van der Waals surface area contributed by atoms with Gasteiger partial charge in [-0.05, 0) is 47.4 Å². The molecule has 1 aliphatic rings. The fourth-order valence-electron chi connectivity index (χ4n) is 3.02. The monoisotopic (exact) mass is 364 g/mol. The summed E-state index contributed by atoms with van der Waals surface area (Å²) < 4.78 is 26.2. The molecule has 1 amide bonds. The minimum atomic E-state index is -3.65. The standard InChI is InChI=1S/C17H20N2O3S2/c1-18(24(21,22)15-6-3-2-4-7-15)12-17(20)19-10-5-8-16(19)14-9-11-23-13-14/h2-4,6-7,9,11,13,16H,5,8,10,12H2,1H3. The highest BCUT2D eigenvalue weighted by Gasteiger charge is 2.32. The molecule has 128 valence electrons. The second-order valence-electron chi connectivity index (χ2n) is 5.88. The van der Waals surface area contributed by atoms with Crippen molar-refractivity contribution in [3.05, 3.63) is 52.7 Å². The molecular formula is C17H20N2O3S2. The van der Waals surface area contributed by atoms with Crippen molar-refractivity contribution in [1.82, 2.24) is 9.21 Å². The lowest BCUT2D eigenvalue weighted by Crippen LogP contribution is -2.40. The largest absolute Gasteiger partial charge is 0.334 e. The van der Waals surface area contributed by atoms with Crippen LogP contribution in [0.15, 0.2) is 52.1 Å². The van der Waals surface area contributed by atoms with Gasteiger partial charge in [0, 0.05) is 13.6 Å². The summed E-state index contributed by atoms with van der Waals surface area (Å²) in [6, 6.07) is 10.3. The fourth-order valence-corrected chi connectivity index (χ4v) is 4.86. The van der Waals surface area contributed by atoms with E-state index in [0.29, 0.717) is 6.54 Å². The topological polar surface area (TPSA) is 57.7 Å². The van der Waals surface area contributed by atoms with Crippen LogP contribution in [0.25, 0.3) is 0 Å². The Morgan fingerprint density at radius 3 is 2.71 bits per heavy atom. The van der Waals surface area contributed by atoms with Crippen LogP contribution in [0, 0.1) is 0 Å². The molecule has 2 aromatic rings. The minimum Gasteiger partial charge on any atom is -0.334 e. The average Bonchev–Trinajstić information content (AvgIpc) is 3.26. The molecule has 1 aromatic heterocycles. The molecule has 1 aliphatic heterocycles. The van der Waals surface area contributed by atoms with E-state index in [4.69, 9.17) is 0 Å². The molecule has 0 bridgehead atoms. The highest BCUT2D eigenvalue weighted by molar-refractivity contribution is 7.89. The van der Waals surface area contributed by atoms with E-state index >= 15 is 0 Å². The van der Waals surface area contributed by atoms with Crippen LogP contribution in [-0.2, 0) is 14.8 Å². The van der Waals surface area contributed by atoms with Gasteiger partial charge in [-0.1, -0.05) is 18.2 Å². The molecule has 0 N–H and O–H groups in total. The van der Waals surface area contributed by atoms with Crippen molar-refractivity contribution >= 4 is 27.3 Å². The molecule has 0 radical (unpaired) electrons. The molecule has 2 heterocycles. The zero-order chi connectivity index (χ0) is 17.2. The Labute approximate surface area is 146 Å². The second kappa shape index (κ2) is 7.04. The van der Waals surface area contributed by atoms with E-state index in [1.54, 1.807) is 46.6 Å². The van der Waals surface area contributed by atoms with Gasteiger partial charge in [-0.2, -0.15) is 15.6 Å². The lowest BCUT2D eigenvalue weighted by Gasteiger charge is -2.26. The Kier molecular flexibility index (Phi) is 5.03. The SMILES string of the molecule is CN(CC(=O)N1CCCC1c1ccsc1)S(=O)(=O)c1ccccc1. The van der Waals surface area contributed by atoms with Crippen molar-refractivity contribution in [2.45, 2.75) is 23.8 Å². The summed E-state index contributed by atoms with van der Waals surface area (Å²) in [6.45, 7) is 0.538. The van der Waals surface area contributed by atoms with Gasteiger partial charge in [0.1, 0.15) is 0 Å². The Morgan fingerprint density at radius 2 is 2.04 bits per heavy atom. The van der Waals surface area contributed by atoms with Gasteiger partial charge in [0.15, 0.2) is 0 Å². The lowest BCUT2D eigenvalue weighted by molar-refractivity contribution is -0.132. The number of carbonyl (C=O) groups is 1. The Hall–Kier alpha value is -1.70. The third-order valence-electron chi connectivity index (χ3n) is 4.31. The van der Waals surface area contributed by atoms with Crippen LogP contribution in [0.1, 0.15) is 24.4 Å². The maximum atomic E-state index is 12.7. The van der Waals surface area contributed by atoms with E-state index in [0.717, 1.165) is 22.7 Å². The summed E-state index contributed by atoms with van der Waals surface area (Å²) in [6.07, 6.45) is 1.87. The summed E-state index contributed by atoms with van der Waals surface area (Å²) in [7, 11) is -2.19. The Bertz CT molecular complexity index is 789. The third-order valence-corrected chi connectivity index (χ3v) is 6.83. The van der Waals surface area contributed by atoms with E-state index in [-0.39, 0.29) is 23.4 Å². The number of benzene rings is 1. The minimum absolute atomic E-state index is 0.0663. The summed E-state index contributed by atoms with van der Waals surface area (Å²) in [5, 5.41) is 4.06. The number of carbonyl (C=O) groups excluding carboxylic acids is 1. The smallest absolute Gasteiger partial charge is 0.243 e. The number of likely N-dealkylation sites (tertiary alicyclic amines) is 1. The van der Waals surface area contributed by atoms with Crippen LogP contribution in [0.3, 0.4) is 0 Å². The Morgan fingerprint density at radius 1 is 1.29 bits per heavy atom. The molecular weight excluding hydrogens is 344 g/mol. The van der Waals surface area contributed by atoms with E-state index < -0.39 is 10.0 Å². The second-order valence-corrected chi connectivity index (χ2v) is 8.70. The van der Waals surface area contributed by atoms with Crippen LogP contribution in [-0.4, -0.2) is 43.7 Å². The lowest BCUT2D eigenvalue weighted by atomic mass is 10.1. The molecule has 0 aliphatic carbocycles. The molecule has 0 spiro atoms. The van der Waals surface area contributed by atoms with E-state index in [9.17, 15) is 13.2 Å². The number of thiophene rings is 1. The highest BCUT2D eigenvalue weighted by atomic mass is 32.2. The molecule has 1 unspecified atom stereocenters. The number of nitrogens with zero attached hydrogens (tertiary/aromatic N) is 2. The van der Waals surface area contributed by atoms with Gasteiger partial charge in [-0.3, -0.25) is 4.79 Å². The Balaban J connectivity index is 1.72. The van der Waals surface area contributed by atoms with Crippen molar-refractivity contribution in [1.29, 1.82) is 0 Å². The number of rotatable bonds is 5. The summed E-state index contributed by atoms with van der Waals surface area (Å²) >= 11 is 1.61. The van der Waals surface area contributed by atoms with Gasteiger partial charge in [0.2, 0.25) is 15.9 Å². The number of amides is 1. The van der Waals surface area contributed by atoms with Crippen LogP contribution in [0.2, 0.25) is 0 Å². The zero-order valence-corrected chi connectivity index (χ0v) is 15.1. The van der Waals surface area contributed by atoms with Gasteiger partial charge in [-0.15, -0.1) is 0 Å². The fraction of sp³-hybridized carbons (Fsp3) is 0.353. The average molecular weight is 364 g/mol. The van der Waals surface area contributed by atoms with Crippen LogP contribution in [0.5, 0.6) is 0 Å². The van der Waals surface area contributed by atoms with Crippen LogP contribution >= 0.6 is 11.3 Å². The predicted molar refractivity (Wildman–Crippen MR) is 94.3 cm³/mol. The van der Waals surface area contributed by atoms with Gasteiger partial charge in [0.05, 0.1) is 17.5 Å². The van der Waals surface area contributed by atoms with Gasteiger partial charge in [-0.25, -0.2) is 8.42 Å². The maximum Gasteiger partial charge on any atom is 0.243 e. The summed E-state index contributed by atoms with van der Waals surface area (Å²) in [5.74, 6) is -0.147. The first-order valence-corrected chi connectivity index (χ1v) is 10.2. The molecule has 0 saturated carbocycles. The zero-order valence-electron chi connectivity index (χ0n) is 13.5. The van der Waals surface area contributed by atoms with Crippen molar-refractivity contribution in [2.24, 2.45) is 0 Å². The quantitative estimate of drug-likeness (QED) is 0.820. The molecule has 5 nitrogen and oxygen atoms in total. The van der Waals surface area contributed by atoms with Crippen molar-refractivity contribution in [3.63, 3.8) is 0 Å². The summed E-state index contributed by atoms with van der Waals surface area (Å²) in [4.78, 5) is 14.7. The number of sulfonamides is 1. The summed E-state index contributed by atoms with van der Waals surface area (Å²) in [5.41, 5.74) is 1.14. The molecule has 7 heteroatoms. The highest BCUT2D eigenvalue weighted by Crippen LogP contribution is 2.33. The van der Waals surface area contributed by atoms with Crippen molar-refractivity contribution < 1.29 is 13.2 Å². The molecule has 24 heavy (non-hydrogen) atoms. The number of hydrogen-bond donors (Lipinski definition) is 0. The van der Waals surface area contributed by atoms with E-state index in [1.807, 2.05) is 11.4 Å². The molecule has 1 atom stereocenters. The molecule has 1 saturated heterocycles. The normalized spacial score (nSPS) is 18.2. The maximum absolute atomic E-state index is 12.7. The van der Waals surface area contributed by atoms with Crippen LogP contribution in [0.4, 0.5) is 0 Å². The van der Waals surface area contributed by atoms with E-state index in [1.165, 1.54) is 7.05 Å². The van der Waals surface area contributed by atoms with Crippen molar-refractivity contribution in [3.8, 4) is 0 Å². The predicted octanol–water partition coefficient (Wildman–Crippen LogP) is 2.73. The molecule has 3 rings (SSSR count). The first kappa shape index (κ1) is 17.1. The van der Waals surface area contributed by atoms with Gasteiger partial charge in [0.25, 0.3) is 0 Å². The first-order valence-electron chi connectivity index (χ1n) is 7.83. The molecule has 1 aromatic carbocycles. The van der Waals surface area contributed by atoms with Gasteiger partial charge >= 0.3 is 0 Å². The number of likely N-dealkylation sites (N-methyl/N-ethyl adjacent to an activating group) is 1. The van der Waals surface area contributed by atoms with Crippen molar-refractivity contribution in [2.75, 3.05) is 20.1 Å². The molecule has 1 fully saturated rings. The van der Waals surface area contributed by atoms with Crippen LogP contribution < -0.4 is 0 Å².